The van der Waals surface area contributed by atoms with Crippen LogP contribution in [0.3, 0.4) is 0 Å². The summed E-state index contributed by atoms with van der Waals surface area (Å²) in [6.07, 6.45) is 0. The van der Waals surface area contributed by atoms with Crippen molar-refractivity contribution in [3.8, 4) is 0 Å². The van der Waals surface area contributed by atoms with Crippen molar-refractivity contribution < 1.29 is 4.74 Å². The van der Waals surface area contributed by atoms with E-state index in [9.17, 15) is 0 Å². The van der Waals surface area contributed by atoms with Crippen molar-refractivity contribution in [3.63, 3.8) is 0 Å². The molecule has 2 N–H and O–H groups in total. The minimum absolute atomic E-state index is 0.425. The number of aryl methyl sites for hydroxylation is 1. The summed E-state index contributed by atoms with van der Waals surface area (Å²) in [6, 6.07) is 14.0. The Hall–Kier alpha value is -1.23. The molecule has 20 heavy (non-hydrogen) atoms. The molecule has 0 aliphatic carbocycles. The molecule has 104 valence electrons. The van der Waals surface area contributed by atoms with Gasteiger partial charge >= 0.3 is 0 Å². The van der Waals surface area contributed by atoms with E-state index in [4.69, 9.17) is 22.7 Å². The van der Waals surface area contributed by atoms with Gasteiger partial charge in [0.2, 0.25) is 0 Å². The molecule has 0 fully saturated rings. The van der Waals surface area contributed by atoms with E-state index < -0.39 is 0 Å². The third kappa shape index (κ3) is 3.88. The van der Waals surface area contributed by atoms with Crippen molar-refractivity contribution in [1.82, 2.24) is 0 Å². The number of nitrogens with two attached hydrogens (primary N) is 1. The van der Waals surface area contributed by atoms with Crippen LogP contribution in [0.15, 0.2) is 46.9 Å². The number of hydrogen-bond acceptors (Lipinski definition) is 2. The maximum atomic E-state index is 5.77. The first-order valence-corrected chi connectivity index (χ1v) is 7.48. The number of halogens is 1. The molecule has 0 bridgehead atoms. The van der Waals surface area contributed by atoms with Gasteiger partial charge in [-0.25, -0.2) is 0 Å². The van der Waals surface area contributed by atoms with E-state index in [0.29, 0.717) is 18.2 Å². The van der Waals surface area contributed by atoms with Gasteiger partial charge in [-0.3, -0.25) is 0 Å². The Morgan fingerprint density at radius 3 is 2.50 bits per heavy atom. The highest BCUT2D eigenvalue weighted by molar-refractivity contribution is 9.10. The van der Waals surface area contributed by atoms with Crippen LogP contribution in [0.5, 0.6) is 0 Å². The first kappa shape index (κ1) is 15.2. The van der Waals surface area contributed by atoms with E-state index >= 15 is 0 Å². The fourth-order valence-corrected chi connectivity index (χ4v) is 2.42. The number of ether oxygens (including phenoxy) is 1. The SMILES string of the molecule is Cc1cc(C(N)=S)ccc1COCc1ccccc1Br. The standard InChI is InChI=1S/C16H16BrNOS/c1-11-8-12(16(18)20)6-7-13(11)9-19-10-14-4-2-3-5-15(14)17/h2-8H,9-10H2,1H3,(H2,18,20). The number of rotatable bonds is 5. The van der Waals surface area contributed by atoms with Gasteiger partial charge in [0.25, 0.3) is 0 Å². The quantitative estimate of drug-likeness (QED) is 0.825. The molecule has 4 heteroatoms. The summed E-state index contributed by atoms with van der Waals surface area (Å²) in [7, 11) is 0. The van der Waals surface area contributed by atoms with Crippen LogP contribution in [0.2, 0.25) is 0 Å². The smallest absolute Gasteiger partial charge is 0.103 e. The number of thiocarbonyl (C=S) groups is 1. The predicted molar refractivity (Wildman–Crippen MR) is 89.7 cm³/mol. The third-order valence-corrected chi connectivity index (χ3v) is 4.11. The second kappa shape index (κ2) is 6.97. The lowest BCUT2D eigenvalue weighted by atomic mass is 10.1. The summed E-state index contributed by atoms with van der Waals surface area (Å²) < 4.78 is 6.84. The molecule has 2 aromatic rings. The molecule has 2 nitrogen and oxygen atoms in total. The molecule has 2 rings (SSSR count). The highest BCUT2D eigenvalue weighted by Gasteiger charge is 2.04. The fourth-order valence-electron chi connectivity index (χ4n) is 1.90. The van der Waals surface area contributed by atoms with Crippen molar-refractivity contribution in [3.05, 3.63) is 69.2 Å². The topological polar surface area (TPSA) is 35.2 Å². The minimum Gasteiger partial charge on any atom is -0.389 e. The second-order valence-electron chi connectivity index (χ2n) is 4.59. The monoisotopic (exact) mass is 349 g/mol. The third-order valence-electron chi connectivity index (χ3n) is 3.10. The first-order valence-electron chi connectivity index (χ1n) is 6.28. The van der Waals surface area contributed by atoms with E-state index in [1.165, 1.54) is 0 Å². The molecular formula is C16H16BrNOS. The van der Waals surface area contributed by atoms with Gasteiger partial charge < -0.3 is 10.5 Å². The molecule has 0 unspecified atom stereocenters. The zero-order valence-corrected chi connectivity index (χ0v) is 13.6. The van der Waals surface area contributed by atoms with Crippen molar-refractivity contribution in [2.24, 2.45) is 5.73 Å². The van der Waals surface area contributed by atoms with E-state index in [-0.39, 0.29) is 0 Å². The molecular weight excluding hydrogens is 334 g/mol. The van der Waals surface area contributed by atoms with Crippen molar-refractivity contribution in [1.29, 1.82) is 0 Å². The summed E-state index contributed by atoms with van der Waals surface area (Å²) in [6.45, 7) is 3.20. The van der Waals surface area contributed by atoms with Crippen LogP contribution in [0, 0.1) is 6.92 Å². The van der Waals surface area contributed by atoms with Crippen molar-refractivity contribution in [2.75, 3.05) is 0 Å². The van der Waals surface area contributed by atoms with Crippen molar-refractivity contribution in [2.45, 2.75) is 20.1 Å². The number of benzene rings is 2. The summed E-state index contributed by atoms with van der Waals surface area (Å²) in [5, 5.41) is 0. The summed E-state index contributed by atoms with van der Waals surface area (Å²) in [4.78, 5) is 0.425. The van der Waals surface area contributed by atoms with E-state index in [2.05, 4.69) is 15.9 Å². The predicted octanol–water partition coefficient (Wildman–Crippen LogP) is 4.11. The summed E-state index contributed by atoms with van der Waals surface area (Å²) >= 11 is 8.49. The summed E-state index contributed by atoms with van der Waals surface area (Å²) in [5.41, 5.74) is 9.95. The number of hydrogen-bond donors (Lipinski definition) is 1. The van der Waals surface area contributed by atoms with Crippen LogP contribution < -0.4 is 5.73 Å². The average molecular weight is 350 g/mol. The molecule has 0 aliphatic rings. The Balaban J connectivity index is 1.98. The Morgan fingerprint density at radius 2 is 1.85 bits per heavy atom. The van der Waals surface area contributed by atoms with Crippen LogP contribution in [0.4, 0.5) is 0 Å². The van der Waals surface area contributed by atoms with Gasteiger partial charge in [-0.1, -0.05) is 58.5 Å². The molecule has 0 radical (unpaired) electrons. The second-order valence-corrected chi connectivity index (χ2v) is 5.88. The average Bonchev–Trinajstić information content (AvgIpc) is 2.42. The molecule has 0 spiro atoms. The van der Waals surface area contributed by atoms with E-state index in [0.717, 1.165) is 26.7 Å². The molecule has 0 atom stereocenters. The Bertz CT molecular complexity index is 628. The van der Waals surface area contributed by atoms with Crippen LogP contribution in [0.25, 0.3) is 0 Å². The van der Waals surface area contributed by atoms with Gasteiger partial charge in [-0.05, 0) is 35.7 Å². The van der Waals surface area contributed by atoms with Crippen LogP contribution in [-0.4, -0.2) is 4.99 Å². The molecule has 0 saturated heterocycles. The van der Waals surface area contributed by atoms with Gasteiger partial charge in [-0.2, -0.15) is 0 Å². The molecule has 0 amide bonds. The zero-order chi connectivity index (χ0) is 14.5. The van der Waals surface area contributed by atoms with Gasteiger partial charge in [0.1, 0.15) is 4.99 Å². The van der Waals surface area contributed by atoms with E-state index in [1.54, 1.807) is 0 Å². The Labute approximate surface area is 133 Å². The van der Waals surface area contributed by atoms with Crippen LogP contribution in [-0.2, 0) is 18.0 Å². The minimum atomic E-state index is 0.425. The highest BCUT2D eigenvalue weighted by atomic mass is 79.9. The lowest BCUT2D eigenvalue weighted by Gasteiger charge is -2.10. The van der Waals surface area contributed by atoms with Crippen LogP contribution in [0.1, 0.15) is 22.3 Å². The van der Waals surface area contributed by atoms with Crippen LogP contribution >= 0.6 is 28.1 Å². The van der Waals surface area contributed by atoms with Gasteiger partial charge in [0.05, 0.1) is 13.2 Å². The molecule has 0 heterocycles. The normalized spacial score (nSPS) is 10.5. The Kier molecular flexibility index (Phi) is 5.29. The largest absolute Gasteiger partial charge is 0.389 e. The lowest BCUT2D eigenvalue weighted by molar-refractivity contribution is 0.106. The van der Waals surface area contributed by atoms with E-state index in [1.807, 2.05) is 49.4 Å². The fraction of sp³-hybridized carbons (Fsp3) is 0.188. The maximum Gasteiger partial charge on any atom is 0.103 e. The van der Waals surface area contributed by atoms with Gasteiger partial charge in [0, 0.05) is 10.0 Å². The highest BCUT2D eigenvalue weighted by Crippen LogP contribution is 2.18. The maximum absolute atomic E-state index is 5.77. The van der Waals surface area contributed by atoms with Crippen molar-refractivity contribution >= 4 is 33.1 Å². The Morgan fingerprint density at radius 1 is 1.15 bits per heavy atom. The molecule has 0 saturated carbocycles. The lowest BCUT2D eigenvalue weighted by Crippen LogP contribution is -2.10. The summed E-state index contributed by atoms with van der Waals surface area (Å²) in [5.74, 6) is 0. The molecule has 0 aromatic heterocycles. The van der Waals surface area contributed by atoms with Gasteiger partial charge in [-0.15, -0.1) is 0 Å². The molecule has 0 aliphatic heterocycles. The first-order chi connectivity index (χ1) is 9.58. The zero-order valence-electron chi connectivity index (χ0n) is 11.2. The molecule has 2 aromatic carbocycles. The van der Waals surface area contributed by atoms with Gasteiger partial charge in [0.15, 0.2) is 0 Å².